The Kier molecular flexibility index (Phi) is 9.51. The molecule has 0 bridgehead atoms. The van der Waals surface area contributed by atoms with Crippen LogP contribution in [0.4, 0.5) is 0 Å². The molecular formula is C31H36N2O5. The SMILES string of the molecule is CCc1ccc(C(=O)N2CCN(CC(OCc3ccc(C(=O)OC)cc3)c3cccc(OC)c3)CC2)cc1. The van der Waals surface area contributed by atoms with Crippen molar-refractivity contribution < 1.29 is 23.8 Å². The lowest BCUT2D eigenvalue weighted by Gasteiger charge is -2.36. The molecular weight excluding hydrogens is 480 g/mol. The van der Waals surface area contributed by atoms with Gasteiger partial charge in [0.25, 0.3) is 5.91 Å². The summed E-state index contributed by atoms with van der Waals surface area (Å²) in [5.74, 6) is 0.508. The quantitative estimate of drug-likeness (QED) is 0.362. The van der Waals surface area contributed by atoms with Crippen molar-refractivity contribution in [1.82, 2.24) is 9.80 Å². The van der Waals surface area contributed by atoms with Crippen molar-refractivity contribution in [3.63, 3.8) is 0 Å². The summed E-state index contributed by atoms with van der Waals surface area (Å²) in [6.07, 6.45) is 0.775. The lowest BCUT2D eigenvalue weighted by molar-refractivity contribution is 0.00331. The number of piperazine rings is 1. The third-order valence-corrected chi connectivity index (χ3v) is 6.98. The van der Waals surface area contributed by atoms with E-state index < -0.39 is 0 Å². The monoisotopic (exact) mass is 516 g/mol. The molecule has 0 radical (unpaired) electrons. The van der Waals surface area contributed by atoms with Crippen molar-refractivity contribution in [3.8, 4) is 5.75 Å². The van der Waals surface area contributed by atoms with Crippen LogP contribution < -0.4 is 4.74 Å². The van der Waals surface area contributed by atoms with Crippen LogP contribution in [0.2, 0.25) is 0 Å². The van der Waals surface area contributed by atoms with Gasteiger partial charge in [-0.25, -0.2) is 4.79 Å². The summed E-state index contributed by atoms with van der Waals surface area (Å²) < 4.78 is 16.6. The maximum Gasteiger partial charge on any atom is 0.337 e. The van der Waals surface area contributed by atoms with Crippen LogP contribution in [-0.2, 0) is 22.5 Å². The number of nitrogens with zero attached hydrogens (tertiary/aromatic N) is 2. The fourth-order valence-corrected chi connectivity index (χ4v) is 4.58. The highest BCUT2D eigenvalue weighted by Gasteiger charge is 2.25. The number of methoxy groups -OCH3 is 2. The van der Waals surface area contributed by atoms with Crippen molar-refractivity contribution in [1.29, 1.82) is 0 Å². The van der Waals surface area contributed by atoms with Gasteiger partial charge in [0.15, 0.2) is 0 Å². The second-order valence-corrected chi connectivity index (χ2v) is 9.41. The van der Waals surface area contributed by atoms with E-state index in [-0.39, 0.29) is 18.0 Å². The first-order valence-electron chi connectivity index (χ1n) is 13.0. The molecule has 1 fully saturated rings. The Hall–Kier alpha value is -3.68. The van der Waals surface area contributed by atoms with E-state index in [9.17, 15) is 9.59 Å². The lowest BCUT2D eigenvalue weighted by atomic mass is 10.1. The van der Waals surface area contributed by atoms with Crippen LogP contribution >= 0.6 is 0 Å². The smallest absolute Gasteiger partial charge is 0.337 e. The third-order valence-electron chi connectivity index (χ3n) is 6.98. The Bertz CT molecular complexity index is 1200. The lowest BCUT2D eigenvalue weighted by Crippen LogP contribution is -2.49. The second-order valence-electron chi connectivity index (χ2n) is 9.41. The summed E-state index contributed by atoms with van der Waals surface area (Å²) in [5, 5.41) is 0. The molecule has 3 aromatic carbocycles. The van der Waals surface area contributed by atoms with Gasteiger partial charge in [-0.2, -0.15) is 0 Å². The molecule has 1 amide bonds. The van der Waals surface area contributed by atoms with Crippen molar-refractivity contribution in [2.75, 3.05) is 46.9 Å². The Morgan fingerprint density at radius 3 is 2.13 bits per heavy atom. The zero-order chi connectivity index (χ0) is 26.9. The van der Waals surface area contributed by atoms with E-state index >= 15 is 0 Å². The molecule has 0 aliphatic carbocycles. The molecule has 0 aromatic heterocycles. The molecule has 0 saturated carbocycles. The van der Waals surface area contributed by atoms with E-state index in [0.717, 1.165) is 42.0 Å². The summed E-state index contributed by atoms with van der Waals surface area (Å²) >= 11 is 0. The number of hydrogen-bond acceptors (Lipinski definition) is 6. The van der Waals surface area contributed by atoms with Crippen LogP contribution in [0.5, 0.6) is 5.75 Å². The number of hydrogen-bond donors (Lipinski definition) is 0. The van der Waals surface area contributed by atoms with E-state index in [1.54, 1.807) is 19.2 Å². The number of carbonyl (C=O) groups excluding carboxylic acids is 2. The zero-order valence-electron chi connectivity index (χ0n) is 22.4. The maximum atomic E-state index is 13.0. The third kappa shape index (κ3) is 7.00. The minimum Gasteiger partial charge on any atom is -0.497 e. The van der Waals surface area contributed by atoms with Gasteiger partial charge in [-0.15, -0.1) is 0 Å². The number of amides is 1. The number of aryl methyl sites for hydroxylation is 1. The molecule has 1 saturated heterocycles. The first kappa shape index (κ1) is 27.4. The Balaban J connectivity index is 1.39. The van der Waals surface area contributed by atoms with E-state index in [2.05, 4.69) is 11.8 Å². The van der Waals surface area contributed by atoms with Crippen molar-refractivity contribution >= 4 is 11.9 Å². The largest absolute Gasteiger partial charge is 0.497 e. The molecule has 4 rings (SSSR count). The fraction of sp³-hybridized carbons (Fsp3) is 0.355. The number of rotatable bonds is 10. The number of carbonyl (C=O) groups is 2. The molecule has 0 spiro atoms. The van der Waals surface area contributed by atoms with Crippen LogP contribution in [-0.4, -0.2) is 68.6 Å². The summed E-state index contributed by atoms with van der Waals surface area (Å²) in [5.41, 5.74) is 4.48. The minimum absolute atomic E-state index is 0.0864. The predicted molar refractivity (Wildman–Crippen MR) is 146 cm³/mol. The Morgan fingerprint density at radius 1 is 0.842 bits per heavy atom. The van der Waals surface area contributed by atoms with Crippen LogP contribution in [0.1, 0.15) is 50.4 Å². The van der Waals surface area contributed by atoms with Gasteiger partial charge in [-0.1, -0.05) is 43.3 Å². The Labute approximate surface area is 224 Å². The van der Waals surface area contributed by atoms with Gasteiger partial charge in [-0.05, 0) is 59.5 Å². The number of benzene rings is 3. The van der Waals surface area contributed by atoms with Crippen LogP contribution in [0.15, 0.2) is 72.8 Å². The molecule has 1 heterocycles. The summed E-state index contributed by atoms with van der Waals surface area (Å²) in [6.45, 7) is 6.10. The molecule has 200 valence electrons. The fourth-order valence-electron chi connectivity index (χ4n) is 4.58. The van der Waals surface area contributed by atoms with Gasteiger partial charge in [0, 0.05) is 38.3 Å². The maximum absolute atomic E-state index is 13.0. The first-order chi connectivity index (χ1) is 18.5. The molecule has 7 nitrogen and oxygen atoms in total. The second kappa shape index (κ2) is 13.2. The van der Waals surface area contributed by atoms with Gasteiger partial charge in [0.2, 0.25) is 0 Å². The average molecular weight is 517 g/mol. The Morgan fingerprint density at radius 2 is 1.50 bits per heavy atom. The van der Waals surface area contributed by atoms with Crippen molar-refractivity contribution in [2.45, 2.75) is 26.1 Å². The van der Waals surface area contributed by atoms with Gasteiger partial charge >= 0.3 is 5.97 Å². The first-order valence-corrected chi connectivity index (χ1v) is 13.0. The summed E-state index contributed by atoms with van der Waals surface area (Å²) in [4.78, 5) is 29.0. The molecule has 7 heteroatoms. The normalized spacial score (nSPS) is 14.7. The highest BCUT2D eigenvalue weighted by Crippen LogP contribution is 2.25. The predicted octanol–water partition coefficient (Wildman–Crippen LogP) is 4.76. The zero-order valence-corrected chi connectivity index (χ0v) is 22.4. The highest BCUT2D eigenvalue weighted by atomic mass is 16.5. The van der Waals surface area contributed by atoms with Crippen LogP contribution in [0.25, 0.3) is 0 Å². The molecule has 3 aromatic rings. The molecule has 0 N–H and O–H groups in total. The molecule has 1 atom stereocenters. The van der Waals surface area contributed by atoms with E-state index in [4.69, 9.17) is 14.2 Å². The molecule has 1 aliphatic heterocycles. The van der Waals surface area contributed by atoms with Gasteiger partial charge in [0.1, 0.15) is 5.75 Å². The van der Waals surface area contributed by atoms with E-state index in [1.807, 2.05) is 65.6 Å². The number of ether oxygens (including phenoxy) is 3. The van der Waals surface area contributed by atoms with Crippen LogP contribution in [0.3, 0.4) is 0 Å². The highest BCUT2D eigenvalue weighted by molar-refractivity contribution is 5.94. The standard InChI is InChI=1S/C31H36N2O5/c1-4-23-8-12-25(13-9-23)30(34)33-18-16-32(17-19-33)21-29(27-6-5-7-28(20-27)36-2)38-22-24-10-14-26(15-11-24)31(35)37-3/h5-15,20,29H,4,16-19,21-22H2,1-3H3. The van der Waals surface area contributed by atoms with Crippen molar-refractivity contribution in [3.05, 3.63) is 101 Å². The van der Waals surface area contributed by atoms with Gasteiger partial charge in [0.05, 0.1) is 32.5 Å². The average Bonchev–Trinajstić information content (AvgIpc) is 2.99. The van der Waals surface area contributed by atoms with Crippen LogP contribution in [0, 0.1) is 0 Å². The van der Waals surface area contributed by atoms with E-state index in [0.29, 0.717) is 31.8 Å². The molecule has 1 aliphatic rings. The molecule has 38 heavy (non-hydrogen) atoms. The number of esters is 1. The summed E-state index contributed by atoms with van der Waals surface area (Å²) in [6, 6.07) is 23.1. The topological polar surface area (TPSA) is 68.3 Å². The minimum atomic E-state index is -0.359. The molecule has 1 unspecified atom stereocenters. The van der Waals surface area contributed by atoms with Crippen molar-refractivity contribution in [2.24, 2.45) is 0 Å². The van der Waals surface area contributed by atoms with E-state index in [1.165, 1.54) is 12.7 Å². The van der Waals surface area contributed by atoms with Gasteiger partial charge < -0.3 is 19.1 Å². The van der Waals surface area contributed by atoms with Gasteiger partial charge in [-0.3, -0.25) is 9.69 Å². The summed E-state index contributed by atoms with van der Waals surface area (Å²) in [7, 11) is 3.03.